The Morgan fingerprint density at radius 3 is 2.84 bits per heavy atom. The second-order valence-electron chi connectivity index (χ2n) is 5.52. The Hall–Kier alpha value is -0.930. The first kappa shape index (κ1) is 14.5. The van der Waals surface area contributed by atoms with E-state index in [4.69, 9.17) is 4.74 Å². The Kier molecular flexibility index (Phi) is 4.94. The molecule has 1 aromatic carbocycles. The number of aryl methyl sites for hydroxylation is 1. The molecule has 1 aliphatic heterocycles. The lowest BCUT2D eigenvalue weighted by molar-refractivity contribution is 0.0308. The molecule has 1 fully saturated rings. The number of hydrogen-bond donors (Lipinski definition) is 1. The molecule has 2 rings (SSSR count). The zero-order valence-corrected chi connectivity index (χ0v) is 12.1. The summed E-state index contributed by atoms with van der Waals surface area (Å²) in [6, 6.07) is 5.27. The van der Waals surface area contributed by atoms with Gasteiger partial charge >= 0.3 is 0 Å². The van der Waals surface area contributed by atoms with Crippen LogP contribution in [0.25, 0.3) is 0 Å². The summed E-state index contributed by atoms with van der Waals surface area (Å²) in [5.74, 6) is -0.137. The Morgan fingerprint density at radius 2 is 2.21 bits per heavy atom. The van der Waals surface area contributed by atoms with Crippen molar-refractivity contribution in [2.45, 2.75) is 58.3 Å². The zero-order chi connectivity index (χ0) is 13.8. The van der Waals surface area contributed by atoms with Crippen molar-refractivity contribution >= 4 is 0 Å². The average Bonchev–Trinajstić information content (AvgIpc) is 2.80. The van der Waals surface area contributed by atoms with Crippen molar-refractivity contribution in [3.05, 3.63) is 35.1 Å². The van der Waals surface area contributed by atoms with Crippen molar-refractivity contribution in [2.75, 3.05) is 6.54 Å². The predicted molar refractivity (Wildman–Crippen MR) is 75.7 cm³/mol. The van der Waals surface area contributed by atoms with Crippen LogP contribution in [0.2, 0.25) is 0 Å². The van der Waals surface area contributed by atoms with Crippen LogP contribution in [0.3, 0.4) is 0 Å². The molecule has 0 spiro atoms. The molecule has 2 nitrogen and oxygen atoms in total. The van der Waals surface area contributed by atoms with Crippen molar-refractivity contribution in [1.82, 2.24) is 5.32 Å². The molecule has 0 radical (unpaired) electrons. The topological polar surface area (TPSA) is 21.3 Å². The minimum Gasteiger partial charge on any atom is -0.373 e. The lowest BCUT2D eigenvalue weighted by Gasteiger charge is -2.26. The molecular weight excluding hydrogens is 241 g/mol. The Morgan fingerprint density at radius 1 is 1.42 bits per heavy atom. The van der Waals surface area contributed by atoms with Crippen LogP contribution in [-0.2, 0) is 4.74 Å². The van der Waals surface area contributed by atoms with E-state index in [9.17, 15) is 4.39 Å². The summed E-state index contributed by atoms with van der Waals surface area (Å²) in [6.07, 6.45) is 3.45. The largest absolute Gasteiger partial charge is 0.373 e. The van der Waals surface area contributed by atoms with Gasteiger partial charge in [0.25, 0.3) is 0 Å². The Bertz CT molecular complexity index is 421. The van der Waals surface area contributed by atoms with Crippen LogP contribution in [0.5, 0.6) is 0 Å². The molecule has 0 saturated carbocycles. The van der Waals surface area contributed by atoms with E-state index in [-0.39, 0.29) is 24.1 Å². The van der Waals surface area contributed by atoms with Crippen LogP contribution in [0, 0.1) is 12.7 Å². The van der Waals surface area contributed by atoms with Gasteiger partial charge in [-0.1, -0.05) is 24.6 Å². The van der Waals surface area contributed by atoms with Crippen molar-refractivity contribution in [3.8, 4) is 0 Å². The van der Waals surface area contributed by atoms with Crippen molar-refractivity contribution in [3.63, 3.8) is 0 Å². The van der Waals surface area contributed by atoms with E-state index in [0.29, 0.717) is 0 Å². The van der Waals surface area contributed by atoms with Crippen molar-refractivity contribution in [2.24, 2.45) is 0 Å². The van der Waals surface area contributed by atoms with Gasteiger partial charge in [-0.3, -0.25) is 0 Å². The summed E-state index contributed by atoms with van der Waals surface area (Å²) in [5, 5.41) is 3.45. The van der Waals surface area contributed by atoms with Crippen LogP contribution < -0.4 is 5.32 Å². The monoisotopic (exact) mass is 265 g/mol. The third kappa shape index (κ3) is 3.54. The second-order valence-corrected chi connectivity index (χ2v) is 5.52. The molecular formula is C16H24FNO. The van der Waals surface area contributed by atoms with Crippen LogP contribution in [0.4, 0.5) is 4.39 Å². The third-order valence-electron chi connectivity index (χ3n) is 3.74. The first-order valence-electron chi connectivity index (χ1n) is 7.26. The van der Waals surface area contributed by atoms with Crippen LogP contribution in [-0.4, -0.2) is 18.8 Å². The highest BCUT2D eigenvalue weighted by Crippen LogP contribution is 2.31. The molecule has 1 heterocycles. The first-order valence-corrected chi connectivity index (χ1v) is 7.26. The number of benzene rings is 1. The number of ether oxygens (including phenoxy) is 1. The predicted octanol–water partition coefficient (Wildman–Crippen LogP) is 3.74. The quantitative estimate of drug-likeness (QED) is 0.875. The van der Waals surface area contributed by atoms with Gasteiger partial charge in [0.05, 0.1) is 18.2 Å². The molecule has 1 saturated heterocycles. The highest BCUT2D eigenvalue weighted by atomic mass is 19.1. The molecule has 1 aliphatic rings. The first-order chi connectivity index (χ1) is 9.11. The number of halogens is 1. The average molecular weight is 265 g/mol. The van der Waals surface area contributed by atoms with E-state index in [2.05, 4.69) is 19.2 Å². The van der Waals surface area contributed by atoms with Crippen molar-refractivity contribution in [1.29, 1.82) is 0 Å². The van der Waals surface area contributed by atoms with E-state index >= 15 is 0 Å². The SMILES string of the molecule is CCCNC(c1cc(C)ccc1F)C1CCC(C)O1. The van der Waals surface area contributed by atoms with E-state index < -0.39 is 0 Å². The normalized spacial score (nSPS) is 24.6. The lowest BCUT2D eigenvalue weighted by Crippen LogP contribution is -2.33. The van der Waals surface area contributed by atoms with Gasteiger partial charge in [-0.2, -0.15) is 0 Å². The standard InChI is InChI=1S/C16H24FNO/c1-4-9-18-16(15-8-6-12(3)19-15)13-10-11(2)5-7-14(13)17/h5,7,10,12,15-16,18H,4,6,8-9H2,1-3H3. The zero-order valence-electron chi connectivity index (χ0n) is 12.1. The van der Waals surface area contributed by atoms with E-state index in [0.717, 1.165) is 36.9 Å². The van der Waals surface area contributed by atoms with Gasteiger partial charge in [0.1, 0.15) is 5.82 Å². The maximum Gasteiger partial charge on any atom is 0.128 e. The van der Waals surface area contributed by atoms with Gasteiger partial charge in [-0.25, -0.2) is 4.39 Å². The van der Waals surface area contributed by atoms with Crippen LogP contribution in [0.1, 0.15) is 50.3 Å². The molecule has 0 aromatic heterocycles. The molecule has 106 valence electrons. The Labute approximate surface area is 115 Å². The van der Waals surface area contributed by atoms with Gasteiger partial charge < -0.3 is 10.1 Å². The van der Waals surface area contributed by atoms with Gasteiger partial charge in [0.2, 0.25) is 0 Å². The Balaban J connectivity index is 2.23. The molecule has 0 amide bonds. The molecule has 3 heteroatoms. The minimum absolute atomic E-state index is 0.0372. The molecule has 3 unspecified atom stereocenters. The summed E-state index contributed by atoms with van der Waals surface area (Å²) in [7, 11) is 0. The summed E-state index contributed by atoms with van der Waals surface area (Å²) in [5.41, 5.74) is 1.83. The van der Waals surface area contributed by atoms with Crippen LogP contribution >= 0.6 is 0 Å². The molecule has 3 atom stereocenters. The molecule has 1 aromatic rings. The van der Waals surface area contributed by atoms with E-state index in [1.165, 1.54) is 0 Å². The number of hydrogen-bond acceptors (Lipinski definition) is 2. The smallest absolute Gasteiger partial charge is 0.128 e. The highest BCUT2D eigenvalue weighted by Gasteiger charge is 2.31. The van der Waals surface area contributed by atoms with Crippen LogP contribution in [0.15, 0.2) is 18.2 Å². The maximum absolute atomic E-state index is 14.1. The fraction of sp³-hybridized carbons (Fsp3) is 0.625. The van der Waals surface area contributed by atoms with Gasteiger partial charge in [0.15, 0.2) is 0 Å². The molecule has 1 N–H and O–H groups in total. The third-order valence-corrected chi connectivity index (χ3v) is 3.74. The molecule has 0 bridgehead atoms. The lowest BCUT2D eigenvalue weighted by atomic mass is 9.97. The summed E-state index contributed by atoms with van der Waals surface area (Å²) < 4.78 is 20.0. The van der Waals surface area contributed by atoms with Gasteiger partial charge in [0, 0.05) is 5.56 Å². The fourth-order valence-corrected chi connectivity index (χ4v) is 2.72. The number of nitrogens with one attached hydrogen (secondary N) is 1. The minimum atomic E-state index is -0.137. The van der Waals surface area contributed by atoms with E-state index in [1.807, 2.05) is 19.1 Å². The highest BCUT2D eigenvalue weighted by molar-refractivity contribution is 5.28. The fourth-order valence-electron chi connectivity index (χ4n) is 2.72. The number of rotatable bonds is 5. The second kappa shape index (κ2) is 6.49. The summed E-state index contributed by atoms with van der Waals surface area (Å²) in [6.45, 7) is 7.09. The summed E-state index contributed by atoms with van der Waals surface area (Å²) in [4.78, 5) is 0. The van der Waals surface area contributed by atoms with Crippen molar-refractivity contribution < 1.29 is 9.13 Å². The van der Waals surface area contributed by atoms with E-state index in [1.54, 1.807) is 6.07 Å². The molecule has 0 aliphatic carbocycles. The van der Waals surface area contributed by atoms with Gasteiger partial charge in [-0.15, -0.1) is 0 Å². The maximum atomic E-state index is 14.1. The van der Waals surface area contributed by atoms with Gasteiger partial charge in [-0.05, 0) is 45.7 Å². The summed E-state index contributed by atoms with van der Waals surface area (Å²) >= 11 is 0. The molecule has 19 heavy (non-hydrogen) atoms.